The third-order valence-electron chi connectivity index (χ3n) is 5.58. The molecule has 0 spiro atoms. The number of hydrogen-bond donors (Lipinski definition) is 3. The third kappa shape index (κ3) is 3.14. The second-order valence-corrected chi connectivity index (χ2v) is 7.76. The Morgan fingerprint density at radius 1 is 1.26 bits per heavy atom. The zero-order valence-electron chi connectivity index (χ0n) is 14.7. The van der Waals surface area contributed by atoms with Crippen molar-refractivity contribution in [3.05, 3.63) is 68.1 Å². The van der Waals surface area contributed by atoms with E-state index in [9.17, 15) is 14.4 Å². The van der Waals surface area contributed by atoms with Crippen LogP contribution in [0.1, 0.15) is 58.9 Å². The van der Waals surface area contributed by atoms with E-state index in [-0.39, 0.29) is 17.5 Å². The van der Waals surface area contributed by atoms with Gasteiger partial charge in [-0.2, -0.15) is 0 Å². The van der Waals surface area contributed by atoms with Crippen molar-refractivity contribution in [2.24, 2.45) is 5.73 Å². The summed E-state index contributed by atoms with van der Waals surface area (Å²) in [4.78, 5) is 39.4. The van der Waals surface area contributed by atoms with Crippen molar-refractivity contribution in [3.8, 4) is 0 Å². The molecule has 1 atom stereocenters. The number of carbonyl (C=O) groups is 2. The van der Waals surface area contributed by atoms with Crippen LogP contribution in [-0.4, -0.2) is 16.8 Å². The number of nitrogens with one attached hydrogen (secondary N) is 2. The molecule has 1 aromatic heterocycles. The van der Waals surface area contributed by atoms with Crippen LogP contribution in [0.2, 0.25) is 5.02 Å². The minimum Gasteiger partial charge on any atom is -0.365 e. The van der Waals surface area contributed by atoms with E-state index in [0.717, 1.165) is 42.5 Å². The molecule has 1 fully saturated rings. The Morgan fingerprint density at radius 3 is 2.70 bits per heavy atom. The van der Waals surface area contributed by atoms with Gasteiger partial charge in [0.25, 0.3) is 11.5 Å². The predicted octanol–water partition coefficient (Wildman–Crippen LogP) is 2.35. The minimum atomic E-state index is -0.771. The summed E-state index contributed by atoms with van der Waals surface area (Å²) in [5.74, 6) is -0.818. The van der Waals surface area contributed by atoms with Gasteiger partial charge in [-0.1, -0.05) is 23.7 Å². The molecule has 2 aliphatic carbocycles. The number of rotatable bonds is 4. The molecular formula is C20H20ClN3O3. The maximum absolute atomic E-state index is 13.1. The summed E-state index contributed by atoms with van der Waals surface area (Å²) in [5, 5.41) is 3.73. The first-order chi connectivity index (χ1) is 12.9. The number of carbonyl (C=O) groups excluding carboxylic acids is 2. The predicted molar refractivity (Wildman–Crippen MR) is 102 cm³/mol. The summed E-state index contributed by atoms with van der Waals surface area (Å²) in [6, 6.07) is 8.68. The van der Waals surface area contributed by atoms with Crippen molar-refractivity contribution in [2.75, 3.05) is 0 Å². The monoisotopic (exact) mass is 385 g/mol. The average molecular weight is 386 g/mol. The number of nitrogens with two attached hydrogens (primary N) is 1. The van der Waals surface area contributed by atoms with E-state index >= 15 is 0 Å². The molecule has 140 valence electrons. The fourth-order valence-corrected chi connectivity index (χ4v) is 4.12. The van der Waals surface area contributed by atoms with Gasteiger partial charge in [0.2, 0.25) is 5.91 Å². The number of primary amides is 1. The van der Waals surface area contributed by atoms with Gasteiger partial charge in [-0.05, 0) is 61.4 Å². The van der Waals surface area contributed by atoms with E-state index in [1.165, 1.54) is 6.07 Å². The molecule has 27 heavy (non-hydrogen) atoms. The van der Waals surface area contributed by atoms with Gasteiger partial charge in [-0.25, -0.2) is 0 Å². The zero-order chi connectivity index (χ0) is 19.2. The number of pyridine rings is 1. The summed E-state index contributed by atoms with van der Waals surface area (Å²) in [6.07, 6.45) is 3.84. The summed E-state index contributed by atoms with van der Waals surface area (Å²) in [5.41, 5.74) is 6.65. The largest absolute Gasteiger partial charge is 0.365 e. The number of fused-ring (bicyclic) bond motifs is 1. The van der Waals surface area contributed by atoms with E-state index in [4.69, 9.17) is 17.3 Å². The van der Waals surface area contributed by atoms with Crippen molar-refractivity contribution < 1.29 is 9.59 Å². The SMILES string of the molecule is NC(=O)c1cc2c([nH]c1=O)CCCC2NC(=O)C1(c2cccc(Cl)c2)CC1. The molecule has 2 aliphatic rings. The Morgan fingerprint density at radius 2 is 2.04 bits per heavy atom. The van der Waals surface area contributed by atoms with Gasteiger partial charge in [0.15, 0.2) is 0 Å². The van der Waals surface area contributed by atoms with E-state index in [2.05, 4.69) is 10.3 Å². The molecule has 1 heterocycles. The molecule has 1 unspecified atom stereocenters. The molecule has 1 saturated carbocycles. The van der Waals surface area contributed by atoms with Crippen molar-refractivity contribution in [2.45, 2.75) is 43.6 Å². The summed E-state index contributed by atoms with van der Waals surface area (Å²) in [6.45, 7) is 0. The Hall–Kier alpha value is -2.60. The second kappa shape index (κ2) is 6.53. The van der Waals surface area contributed by atoms with Crippen LogP contribution in [0, 0.1) is 0 Å². The average Bonchev–Trinajstić information content (AvgIpc) is 3.43. The molecule has 0 saturated heterocycles. The number of aromatic amines is 1. The molecule has 2 amide bonds. The topological polar surface area (TPSA) is 105 Å². The normalized spacial score (nSPS) is 19.8. The number of aryl methyl sites for hydroxylation is 1. The number of H-pyrrole nitrogens is 1. The highest BCUT2D eigenvalue weighted by molar-refractivity contribution is 6.30. The maximum atomic E-state index is 13.1. The van der Waals surface area contributed by atoms with Crippen LogP contribution in [0.5, 0.6) is 0 Å². The van der Waals surface area contributed by atoms with E-state index < -0.39 is 16.9 Å². The molecule has 0 radical (unpaired) electrons. The van der Waals surface area contributed by atoms with Crippen molar-refractivity contribution in [1.29, 1.82) is 0 Å². The highest BCUT2D eigenvalue weighted by atomic mass is 35.5. The Bertz CT molecular complexity index is 994. The van der Waals surface area contributed by atoms with Crippen LogP contribution < -0.4 is 16.6 Å². The highest BCUT2D eigenvalue weighted by Crippen LogP contribution is 2.49. The lowest BCUT2D eigenvalue weighted by Gasteiger charge is -2.28. The van der Waals surface area contributed by atoms with Gasteiger partial charge in [0.1, 0.15) is 5.56 Å². The third-order valence-corrected chi connectivity index (χ3v) is 5.82. The standard InChI is InChI=1S/C20H20ClN3O3/c21-12-4-1-3-11(9-12)20(7-8-20)19(27)24-16-6-2-5-15-13(16)10-14(17(22)25)18(26)23-15/h1,3-4,9-10,16H,2,5-8H2,(H2,22,25)(H,23,26)(H,24,27). The number of hydrogen-bond acceptors (Lipinski definition) is 3. The molecule has 4 N–H and O–H groups in total. The quantitative estimate of drug-likeness (QED) is 0.752. The molecule has 1 aromatic carbocycles. The molecule has 6 nitrogen and oxygen atoms in total. The second-order valence-electron chi connectivity index (χ2n) is 7.32. The van der Waals surface area contributed by atoms with Crippen molar-refractivity contribution in [3.63, 3.8) is 0 Å². The van der Waals surface area contributed by atoms with Crippen LogP contribution in [0.25, 0.3) is 0 Å². The Labute approximate surface area is 161 Å². The van der Waals surface area contributed by atoms with Crippen LogP contribution >= 0.6 is 11.6 Å². The summed E-state index contributed by atoms with van der Waals surface area (Å²) < 4.78 is 0. The van der Waals surface area contributed by atoms with Gasteiger partial charge in [0.05, 0.1) is 11.5 Å². The first kappa shape index (κ1) is 17.8. The number of benzene rings is 1. The zero-order valence-corrected chi connectivity index (χ0v) is 15.4. The van der Waals surface area contributed by atoms with Gasteiger partial charge >= 0.3 is 0 Å². The molecule has 2 aromatic rings. The van der Waals surface area contributed by atoms with Gasteiger partial charge in [-0.3, -0.25) is 14.4 Å². The highest BCUT2D eigenvalue weighted by Gasteiger charge is 2.51. The number of aromatic nitrogens is 1. The minimum absolute atomic E-state index is 0.0468. The lowest BCUT2D eigenvalue weighted by molar-refractivity contribution is -0.124. The Balaban J connectivity index is 1.63. The fraction of sp³-hybridized carbons (Fsp3) is 0.350. The Kier molecular flexibility index (Phi) is 4.30. The molecular weight excluding hydrogens is 366 g/mol. The molecule has 0 bridgehead atoms. The van der Waals surface area contributed by atoms with Crippen LogP contribution in [-0.2, 0) is 16.6 Å². The van der Waals surface area contributed by atoms with Crippen LogP contribution in [0.3, 0.4) is 0 Å². The smallest absolute Gasteiger partial charge is 0.261 e. The first-order valence-corrected chi connectivity index (χ1v) is 9.41. The molecule has 0 aliphatic heterocycles. The van der Waals surface area contributed by atoms with E-state index in [1.54, 1.807) is 6.07 Å². The van der Waals surface area contributed by atoms with E-state index in [0.29, 0.717) is 11.4 Å². The number of halogens is 1. The lowest BCUT2D eigenvalue weighted by atomic mass is 9.88. The van der Waals surface area contributed by atoms with Gasteiger partial charge in [-0.15, -0.1) is 0 Å². The lowest BCUT2D eigenvalue weighted by Crippen LogP contribution is -2.39. The molecule has 7 heteroatoms. The van der Waals surface area contributed by atoms with Crippen LogP contribution in [0.15, 0.2) is 35.1 Å². The van der Waals surface area contributed by atoms with E-state index in [1.807, 2.05) is 18.2 Å². The summed E-state index contributed by atoms with van der Waals surface area (Å²) >= 11 is 6.09. The summed E-state index contributed by atoms with van der Waals surface area (Å²) in [7, 11) is 0. The number of amides is 2. The van der Waals surface area contributed by atoms with Gasteiger partial charge in [0, 0.05) is 10.7 Å². The van der Waals surface area contributed by atoms with Crippen LogP contribution in [0.4, 0.5) is 0 Å². The van der Waals surface area contributed by atoms with Crippen molar-refractivity contribution >= 4 is 23.4 Å². The maximum Gasteiger partial charge on any atom is 0.261 e. The molecule has 4 rings (SSSR count). The van der Waals surface area contributed by atoms with Gasteiger partial charge < -0.3 is 16.0 Å². The first-order valence-electron chi connectivity index (χ1n) is 9.04. The van der Waals surface area contributed by atoms with Crippen molar-refractivity contribution in [1.82, 2.24) is 10.3 Å². The fourth-order valence-electron chi connectivity index (χ4n) is 3.93.